The molecule has 0 aliphatic heterocycles. The van der Waals surface area contributed by atoms with Gasteiger partial charge in [-0.05, 0) is 51.0 Å². The molecule has 0 aliphatic rings. The fraction of sp³-hybridized carbons (Fsp3) is 0.571. The van der Waals surface area contributed by atoms with Crippen molar-refractivity contribution < 1.29 is 5.11 Å². The Balaban J connectivity index is 0.00000392. The second-order valence-corrected chi connectivity index (χ2v) is 8.27. The smallest absolute Gasteiger partial charge is 0.191 e. The molecule has 1 heterocycles. The Labute approximate surface area is 190 Å². The second kappa shape index (κ2) is 14.1. The molecule has 5 nitrogen and oxygen atoms in total. The SMILES string of the molecule is CN=C(NCCCCCCCN(C)C)NCC(O)c1cc2ccccc2s1.I. The molecule has 28 heavy (non-hydrogen) atoms. The Kier molecular flexibility index (Phi) is 12.7. The van der Waals surface area contributed by atoms with Gasteiger partial charge in [-0.15, -0.1) is 35.3 Å². The Morgan fingerprint density at radius 3 is 2.54 bits per heavy atom. The summed E-state index contributed by atoms with van der Waals surface area (Å²) in [5.41, 5.74) is 0. The molecule has 0 saturated heterocycles. The van der Waals surface area contributed by atoms with Crippen LogP contribution >= 0.6 is 35.3 Å². The minimum Gasteiger partial charge on any atom is -0.386 e. The van der Waals surface area contributed by atoms with Gasteiger partial charge in [-0.1, -0.05) is 37.5 Å². The van der Waals surface area contributed by atoms with Crippen LogP contribution < -0.4 is 10.6 Å². The highest BCUT2D eigenvalue weighted by Crippen LogP contribution is 2.29. The predicted octanol–water partition coefficient (Wildman–Crippen LogP) is 4.23. The Bertz CT molecular complexity index is 672. The van der Waals surface area contributed by atoms with Crippen LogP contribution in [0.1, 0.15) is 43.1 Å². The summed E-state index contributed by atoms with van der Waals surface area (Å²) in [7, 11) is 6.02. The quantitative estimate of drug-likeness (QED) is 0.180. The van der Waals surface area contributed by atoms with Crippen LogP contribution in [0.2, 0.25) is 0 Å². The molecule has 1 aromatic heterocycles. The van der Waals surface area contributed by atoms with E-state index in [-0.39, 0.29) is 24.0 Å². The summed E-state index contributed by atoms with van der Waals surface area (Å²) in [6, 6.07) is 10.3. The van der Waals surface area contributed by atoms with Crippen LogP contribution in [0.4, 0.5) is 0 Å². The summed E-state index contributed by atoms with van der Waals surface area (Å²) in [4.78, 5) is 7.47. The molecule has 0 amide bonds. The lowest BCUT2D eigenvalue weighted by atomic mass is 10.1. The molecule has 0 fully saturated rings. The van der Waals surface area contributed by atoms with Gasteiger partial charge in [0.1, 0.15) is 6.10 Å². The molecule has 0 aliphatic carbocycles. The molecule has 1 aromatic carbocycles. The van der Waals surface area contributed by atoms with Crippen LogP contribution in [0.3, 0.4) is 0 Å². The van der Waals surface area contributed by atoms with E-state index in [1.165, 1.54) is 42.3 Å². The maximum atomic E-state index is 10.5. The number of nitrogens with one attached hydrogen (secondary N) is 2. The zero-order valence-corrected chi connectivity index (χ0v) is 20.4. The lowest BCUT2D eigenvalue weighted by molar-refractivity contribution is 0.184. The van der Waals surface area contributed by atoms with E-state index in [1.807, 2.05) is 12.1 Å². The highest BCUT2D eigenvalue weighted by atomic mass is 127. The van der Waals surface area contributed by atoms with Gasteiger partial charge < -0.3 is 20.6 Å². The van der Waals surface area contributed by atoms with Crippen LogP contribution in [-0.2, 0) is 0 Å². The summed E-state index contributed by atoms with van der Waals surface area (Å²) in [6.07, 6.45) is 5.71. The van der Waals surface area contributed by atoms with Gasteiger partial charge in [0.15, 0.2) is 5.96 Å². The van der Waals surface area contributed by atoms with E-state index in [4.69, 9.17) is 0 Å². The number of thiophene rings is 1. The summed E-state index contributed by atoms with van der Waals surface area (Å²) >= 11 is 1.64. The fourth-order valence-electron chi connectivity index (χ4n) is 2.97. The van der Waals surface area contributed by atoms with Gasteiger partial charge in [-0.2, -0.15) is 0 Å². The number of rotatable bonds is 11. The van der Waals surface area contributed by atoms with Crippen LogP contribution in [0.5, 0.6) is 0 Å². The van der Waals surface area contributed by atoms with E-state index in [2.05, 4.69) is 52.8 Å². The van der Waals surface area contributed by atoms with Gasteiger partial charge in [-0.25, -0.2) is 0 Å². The lowest BCUT2D eigenvalue weighted by Crippen LogP contribution is -2.39. The number of aliphatic hydroxyl groups excluding tert-OH is 1. The molecule has 7 heteroatoms. The van der Waals surface area contributed by atoms with Crippen LogP contribution in [-0.4, -0.2) is 56.7 Å². The van der Waals surface area contributed by atoms with Gasteiger partial charge in [-0.3, -0.25) is 4.99 Å². The molecule has 0 saturated carbocycles. The van der Waals surface area contributed by atoms with Crippen molar-refractivity contribution in [1.29, 1.82) is 0 Å². The van der Waals surface area contributed by atoms with Gasteiger partial charge in [0.2, 0.25) is 0 Å². The lowest BCUT2D eigenvalue weighted by Gasteiger charge is -2.14. The number of benzene rings is 1. The minimum absolute atomic E-state index is 0. The second-order valence-electron chi connectivity index (χ2n) is 7.15. The van der Waals surface area contributed by atoms with Crippen LogP contribution in [0.25, 0.3) is 10.1 Å². The third kappa shape index (κ3) is 9.07. The standard InChI is InChI=1S/C21H34N4OS.HI/c1-22-21(23-13-9-5-4-6-10-14-25(2)3)24-16-18(26)20-15-17-11-7-8-12-19(17)27-20;/h7-8,11-12,15,18,26H,4-6,9-10,13-14,16H2,1-3H3,(H2,22,23,24);1H. The van der Waals surface area contributed by atoms with Crippen molar-refractivity contribution in [3.63, 3.8) is 0 Å². The molecule has 0 bridgehead atoms. The number of fused-ring (bicyclic) bond motifs is 1. The summed E-state index contributed by atoms with van der Waals surface area (Å²) in [5.74, 6) is 0.753. The maximum absolute atomic E-state index is 10.5. The van der Waals surface area contributed by atoms with Crippen molar-refractivity contribution in [2.75, 3.05) is 40.8 Å². The number of aliphatic hydroxyl groups is 1. The molecular formula is C21H35IN4OS. The highest BCUT2D eigenvalue weighted by molar-refractivity contribution is 14.0. The maximum Gasteiger partial charge on any atom is 0.191 e. The molecule has 1 atom stereocenters. The van der Waals surface area contributed by atoms with E-state index in [1.54, 1.807) is 18.4 Å². The van der Waals surface area contributed by atoms with E-state index < -0.39 is 6.10 Å². The topological polar surface area (TPSA) is 59.9 Å². The summed E-state index contributed by atoms with van der Waals surface area (Å²) in [6.45, 7) is 2.54. The van der Waals surface area contributed by atoms with Crippen molar-refractivity contribution >= 4 is 51.4 Å². The highest BCUT2D eigenvalue weighted by Gasteiger charge is 2.12. The first-order valence-corrected chi connectivity index (χ1v) is 10.7. The summed E-state index contributed by atoms with van der Waals surface area (Å²) in [5, 5.41) is 18.2. The molecule has 0 radical (unpaired) electrons. The van der Waals surface area contributed by atoms with E-state index >= 15 is 0 Å². The van der Waals surface area contributed by atoms with Crippen molar-refractivity contribution in [2.24, 2.45) is 4.99 Å². The predicted molar refractivity (Wildman–Crippen MR) is 133 cm³/mol. The normalized spacial score (nSPS) is 12.8. The van der Waals surface area contributed by atoms with Gasteiger partial charge in [0, 0.05) is 29.7 Å². The van der Waals surface area contributed by atoms with E-state index in [9.17, 15) is 5.11 Å². The number of unbranched alkanes of at least 4 members (excludes halogenated alkanes) is 4. The van der Waals surface area contributed by atoms with Crippen molar-refractivity contribution in [2.45, 2.75) is 38.2 Å². The molecule has 0 spiro atoms. The van der Waals surface area contributed by atoms with Crippen LogP contribution in [0, 0.1) is 0 Å². The van der Waals surface area contributed by atoms with Crippen LogP contribution in [0.15, 0.2) is 35.3 Å². The zero-order chi connectivity index (χ0) is 19.5. The fourth-order valence-corrected chi connectivity index (χ4v) is 4.02. The number of guanidine groups is 1. The molecule has 2 rings (SSSR count). The molecular weight excluding hydrogens is 483 g/mol. The zero-order valence-electron chi connectivity index (χ0n) is 17.3. The third-order valence-corrected chi connectivity index (χ3v) is 5.75. The average Bonchev–Trinajstić information content (AvgIpc) is 3.10. The van der Waals surface area contributed by atoms with Gasteiger partial charge in [0.05, 0.1) is 0 Å². The third-order valence-electron chi connectivity index (χ3n) is 4.53. The Morgan fingerprint density at radius 1 is 1.11 bits per heavy atom. The molecule has 2 aromatic rings. The Morgan fingerprint density at radius 2 is 1.82 bits per heavy atom. The monoisotopic (exact) mass is 518 g/mol. The van der Waals surface area contributed by atoms with Crippen molar-refractivity contribution in [1.82, 2.24) is 15.5 Å². The average molecular weight is 519 g/mol. The number of hydrogen-bond donors (Lipinski definition) is 3. The summed E-state index contributed by atoms with van der Waals surface area (Å²) < 4.78 is 1.21. The number of nitrogens with zero attached hydrogens (tertiary/aromatic N) is 2. The number of aliphatic imine (C=N–C) groups is 1. The van der Waals surface area contributed by atoms with Crippen molar-refractivity contribution in [3.05, 3.63) is 35.2 Å². The van der Waals surface area contributed by atoms with E-state index in [0.717, 1.165) is 23.8 Å². The molecule has 3 N–H and O–H groups in total. The first-order chi connectivity index (χ1) is 13.1. The first-order valence-electron chi connectivity index (χ1n) is 9.86. The Hall–Kier alpha value is -0.900. The molecule has 1 unspecified atom stereocenters. The van der Waals surface area contributed by atoms with Crippen molar-refractivity contribution in [3.8, 4) is 0 Å². The van der Waals surface area contributed by atoms with E-state index in [0.29, 0.717) is 6.54 Å². The number of halogens is 1. The van der Waals surface area contributed by atoms with Gasteiger partial charge in [0.25, 0.3) is 0 Å². The largest absolute Gasteiger partial charge is 0.386 e. The number of hydrogen-bond acceptors (Lipinski definition) is 4. The molecule has 158 valence electrons. The first kappa shape index (κ1) is 25.1. The van der Waals surface area contributed by atoms with Gasteiger partial charge >= 0.3 is 0 Å². The minimum atomic E-state index is -0.530.